The standard InChI is InChI=1S/C19H19ClF2N3O4P/c1-2-30(25-17(26)11-29-13-4-5-14(20)15(22)9-13)18(27)7-8-23-19(28)16-6-3-12(21)10-24-16/h2-6,9-10,18,27H,1,7-8,11H2,(H,23,28)(H,25,26). The Labute approximate surface area is 177 Å². The molecule has 0 aliphatic rings. The minimum Gasteiger partial charge on any atom is -0.484 e. The van der Waals surface area contributed by atoms with Crippen molar-refractivity contribution in [3.05, 3.63) is 71.3 Å². The quantitative estimate of drug-likeness (QED) is 0.476. The van der Waals surface area contributed by atoms with Gasteiger partial charge in [-0.05, 0) is 36.5 Å². The van der Waals surface area contributed by atoms with Crippen LogP contribution in [0.4, 0.5) is 8.78 Å². The van der Waals surface area contributed by atoms with Crippen LogP contribution in [0.15, 0.2) is 48.9 Å². The van der Waals surface area contributed by atoms with E-state index in [0.29, 0.717) is 0 Å². The molecule has 2 atom stereocenters. The third-order valence-corrected chi connectivity index (χ3v) is 5.79. The highest BCUT2D eigenvalue weighted by molar-refractivity contribution is 7.60. The molecule has 1 aromatic heterocycles. The lowest BCUT2D eigenvalue weighted by Crippen LogP contribution is -2.31. The maximum Gasteiger partial charge on any atom is 0.269 e. The number of amides is 2. The first-order chi connectivity index (χ1) is 14.3. The molecular weight excluding hydrogens is 439 g/mol. The number of ether oxygens (including phenoxy) is 1. The average Bonchev–Trinajstić information content (AvgIpc) is 2.73. The van der Waals surface area contributed by atoms with E-state index in [-0.39, 0.29) is 29.4 Å². The van der Waals surface area contributed by atoms with E-state index in [0.717, 1.165) is 18.3 Å². The Kier molecular flexibility index (Phi) is 9.11. The SMILES string of the molecule is C=CP(NC(=O)COc1ccc(Cl)c(F)c1)C(O)CCNC(=O)c1ccc(F)cn1. The van der Waals surface area contributed by atoms with Crippen molar-refractivity contribution in [1.82, 2.24) is 15.4 Å². The fourth-order valence-electron chi connectivity index (χ4n) is 2.19. The summed E-state index contributed by atoms with van der Waals surface area (Å²) < 4.78 is 31.4. The van der Waals surface area contributed by atoms with Gasteiger partial charge in [0.2, 0.25) is 0 Å². The van der Waals surface area contributed by atoms with Gasteiger partial charge in [0.25, 0.3) is 11.8 Å². The van der Waals surface area contributed by atoms with Crippen molar-refractivity contribution in [2.75, 3.05) is 13.2 Å². The van der Waals surface area contributed by atoms with Crippen molar-refractivity contribution in [3.8, 4) is 5.75 Å². The molecule has 2 aromatic rings. The minimum atomic E-state index is -1.51. The van der Waals surface area contributed by atoms with Crippen LogP contribution in [0.2, 0.25) is 5.02 Å². The monoisotopic (exact) mass is 457 g/mol. The zero-order valence-electron chi connectivity index (χ0n) is 15.6. The highest BCUT2D eigenvalue weighted by Gasteiger charge is 2.19. The fraction of sp³-hybridized carbons (Fsp3) is 0.211. The van der Waals surface area contributed by atoms with Gasteiger partial charge in [-0.25, -0.2) is 13.8 Å². The topological polar surface area (TPSA) is 101 Å². The number of aliphatic hydroxyl groups is 1. The van der Waals surface area contributed by atoms with E-state index in [1.54, 1.807) is 0 Å². The molecule has 0 spiro atoms. The third-order valence-electron chi connectivity index (χ3n) is 3.68. The maximum absolute atomic E-state index is 13.4. The molecule has 3 N–H and O–H groups in total. The molecule has 1 aromatic carbocycles. The van der Waals surface area contributed by atoms with Crippen LogP contribution in [0.5, 0.6) is 5.75 Å². The Bertz CT molecular complexity index is 902. The van der Waals surface area contributed by atoms with Crippen molar-refractivity contribution in [2.24, 2.45) is 0 Å². The van der Waals surface area contributed by atoms with Gasteiger partial charge in [0.1, 0.15) is 23.1 Å². The lowest BCUT2D eigenvalue weighted by atomic mass is 10.3. The van der Waals surface area contributed by atoms with E-state index in [1.807, 2.05) is 0 Å². The van der Waals surface area contributed by atoms with Gasteiger partial charge in [-0.2, -0.15) is 0 Å². The second-order valence-electron chi connectivity index (χ2n) is 5.88. The number of nitrogens with one attached hydrogen (secondary N) is 2. The summed E-state index contributed by atoms with van der Waals surface area (Å²) in [5.74, 6) is -1.71. The van der Waals surface area contributed by atoms with Gasteiger partial charge in [-0.15, -0.1) is 0 Å². The number of hydrogen-bond donors (Lipinski definition) is 3. The van der Waals surface area contributed by atoms with Gasteiger partial charge in [0.15, 0.2) is 6.61 Å². The molecule has 0 fully saturated rings. The first-order valence-electron chi connectivity index (χ1n) is 8.66. The maximum atomic E-state index is 13.4. The largest absolute Gasteiger partial charge is 0.484 e. The predicted octanol–water partition coefficient (Wildman–Crippen LogP) is 3.19. The van der Waals surface area contributed by atoms with Crippen LogP contribution >= 0.6 is 19.7 Å². The Hall–Kier alpha value is -2.61. The van der Waals surface area contributed by atoms with Gasteiger partial charge >= 0.3 is 0 Å². The van der Waals surface area contributed by atoms with Crippen molar-refractivity contribution in [3.63, 3.8) is 0 Å². The van der Waals surface area contributed by atoms with Crippen molar-refractivity contribution >= 4 is 31.5 Å². The number of carbonyl (C=O) groups excluding carboxylic acids is 2. The van der Waals surface area contributed by atoms with Crippen LogP contribution in [-0.4, -0.2) is 40.9 Å². The Morgan fingerprint density at radius 2 is 2.10 bits per heavy atom. The first kappa shape index (κ1) is 23.7. The van der Waals surface area contributed by atoms with Crippen LogP contribution < -0.4 is 15.1 Å². The van der Waals surface area contributed by atoms with Crippen LogP contribution in [0.25, 0.3) is 0 Å². The summed E-state index contributed by atoms with van der Waals surface area (Å²) in [6.07, 6.45) is 1.06. The first-order valence-corrected chi connectivity index (χ1v) is 10.5. The zero-order chi connectivity index (χ0) is 22.1. The molecule has 30 heavy (non-hydrogen) atoms. The average molecular weight is 458 g/mol. The molecule has 7 nitrogen and oxygen atoms in total. The number of pyridine rings is 1. The summed E-state index contributed by atoms with van der Waals surface area (Å²) in [6, 6.07) is 6.14. The summed E-state index contributed by atoms with van der Waals surface area (Å²) in [7, 11) is -1.51. The summed E-state index contributed by atoms with van der Waals surface area (Å²) in [4.78, 5) is 27.6. The van der Waals surface area contributed by atoms with Crippen molar-refractivity contribution < 1.29 is 28.2 Å². The van der Waals surface area contributed by atoms with E-state index >= 15 is 0 Å². The summed E-state index contributed by atoms with van der Waals surface area (Å²) in [6.45, 7) is 3.29. The van der Waals surface area contributed by atoms with Crippen LogP contribution in [-0.2, 0) is 4.79 Å². The highest BCUT2D eigenvalue weighted by Crippen LogP contribution is 2.37. The van der Waals surface area contributed by atoms with Crippen LogP contribution in [0, 0.1) is 11.6 Å². The molecular formula is C19H19ClF2N3O4P. The van der Waals surface area contributed by atoms with Gasteiger partial charge in [-0.3, -0.25) is 9.59 Å². The lowest BCUT2D eigenvalue weighted by Gasteiger charge is -2.21. The minimum absolute atomic E-state index is 0.0426. The van der Waals surface area contributed by atoms with Crippen LogP contribution in [0.1, 0.15) is 16.9 Å². The second kappa shape index (κ2) is 11.5. The number of aromatic nitrogens is 1. The van der Waals surface area contributed by atoms with Crippen molar-refractivity contribution in [1.29, 1.82) is 0 Å². The van der Waals surface area contributed by atoms with E-state index < -0.39 is 44.0 Å². The number of halogens is 3. The van der Waals surface area contributed by atoms with E-state index in [9.17, 15) is 23.5 Å². The smallest absolute Gasteiger partial charge is 0.269 e. The summed E-state index contributed by atoms with van der Waals surface area (Å²) >= 11 is 5.58. The van der Waals surface area contributed by atoms with E-state index in [4.69, 9.17) is 16.3 Å². The number of benzene rings is 1. The van der Waals surface area contributed by atoms with Gasteiger partial charge in [0, 0.05) is 20.7 Å². The highest BCUT2D eigenvalue weighted by atomic mass is 35.5. The van der Waals surface area contributed by atoms with Gasteiger partial charge in [-0.1, -0.05) is 18.2 Å². The predicted molar refractivity (Wildman–Crippen MR) is 109 cm³/mol. The molecule has 0 aliphatic heterocycles. The molecule has 0 saturated heterocycles. The fourth-order valence-corrected chi connectivity index (χ4v) is 3.55. The molecule has 160 valence electrons. The van der Waals surface area contributed by atoms with Gasteiger partial charge in [0.05, 0.1) is 17.1 Å². The number of hydrogen-bond acceptors (Lipinski definition) is 5. The molecule has 11 heteroatoms. The molecule has 0 aliphatic carbocycles. The number of carbonyl (C=O) groups is 2. The third kappa shape index (κ3) is 7.33. The Morgan fingerprint density at radius 3 is 2.73 bits per heavy atom. The molecule has 2 rings (SSSR count). The number of rotatable bonds is 10. The molecule has 1 heterocycles. The molecule has 0 bridgehead atoms. The van der Waals surface area contributed by atoms with E-state index in [1.165, 1.54) is 24.0 Å². The van der Waals surface area contributed by atoms with Gasteiger partial charge < -0.3 is 20.2 Å². The summed E-state index contributed by atoms with van der Waals surface area (Å²) in [5, 5.41) is 15.3. The summed E-state index contributed by atoms with van der Waals surface area (Å²) in [5.41, 5.74) is 0.0426. The molecule has 2 amide bonds. The zero-order valence-corrected chi connectivity index (χ0v) is 17.3. The molecule has 0 saturated carbocycles. The lowest BCUT2D eigenvalue weighted by molar-refractivity contribution is -0.121. The molecule has 2 unspecified atom stereocenters. The second-order valence-corrected chi connectivity index (χ2v) is 8.28. The van der Waals surface area contributed by atoms with Crippen molar-refractivity contribution in [2.45, 2.75) is 12.3 Å². The van der Waals surface area contributed by atoms with E-state index in [2.05, 4.69) is 22.0 Å². The van der Waals surface area contributed by atoms with Crippen LogP contribution in [0.3, 0.4) is 0 Å². The number of aliphatic hydroxyl groups excluding tert-OH is 1. The Balaban J connectivity index is 1.76. The molecule has 0 radical (unpaired) electrons. The Morgan fingerprint density at radius 1 is 1.33 bits per heavy atom. The number of nitrogens with zero attached hydrogens (tertiary/aromatic N) is 1. The normalized spacial score (nSPS) is 12.5.